The van der Waals surface area contributed by atoms with Crippen molar-refractivity contribution in [3.63, 3.8) is 0 Å². The average Bonchev–Trinajstić information content (AvgIpc) is 2.46. The molecule has 4 aliphatic heterocycles. The topological polar surface area (TPSA) is 41.7 Å². The maximum Gasteiger partial charge on any atom is 0.0685 e. The first-order chi connectivity index (χ1) is 9.26. The van der Waals surface area contributed by atoms with E-state index in [2.05, 4.69) is 9.80 Å². The number of rotatable bonds is 2. The van der Waals surface area contributed by atoms with Gasteiger partial charge in [0.05, 0.1) is 5.60 Å². The van der Waals surface area contributed by atoms with Gasteiger partial charge in [-0.05, 0) is 38.0 Å². The molecule has 0 aromatic rings. The zero-order valence-corrected chi connectivity index (χ0v) is 11.9. The SMILES string of the molecule is NC(C1CCOC2(CCC2)C1)C1CN2CCN1CC2. The Kier molecular flexibility index (Phi) is 3.10. The first-order valence-corrected chi connectivity index (χ1v) is 8.12. The van der Waals surface area contributed by atoms with Crippen LogP contribution in [0.4, 0.5) is 0 Å². The molecule has 4 nitrogen and oxygen atoms in total. The summed E-state index contributed by atoms with van der Waals surface area (Å²) in [5.41, 5.74) is 6.93. The molecule has 4 heteroatoms. The Bertz CT molecular complexity index is 336. The van der Waals surface area contributed by atoms with Crippen molar-refractivity contribution in [3.05, 3.63) is 0 Å². The predicted octanol–water partition coefficient (Wildman–Crippen LogP) is 0.663. The van der Waals surface area contributed by atoms with Crippen LogP contribution in [0, 0.1) is 5.92 Å². The van der Waals surface area contributed by atoms with E-state index in [9.17, 15) is 0 Å². The third kappa shape index (κ3) is 2.13. The van der Waals surface area contributed by atoms with Crippen molar-refractivity contribution < 1.29 is 4.74 Å². The van der Waals surface area contributed by atoms with Crippen LogP contribution in [0.5, 0.6) is 0 Å². The molecule has 3 atom stereocenters. The number of nitrogens with zero attached hydrogens (tertiary/aromatic N) is 2. The fourth-order valence-electron chi connectivity index (χ4n) is 4.65. The van der Waals surface area contributed by atoms with Crippen LogP contribution < -0.4 is 5.73 Å². The number of hydrogen-bond donors (Lipinski definition) is 1. The number of nitrogens with two attached hydrogens (primary N) is 1. The molecule has 0 amide bonds. The van der Waals surface area contributed by atoms with E-state index in [4.69, 9.17) is 10.5 Å². The van der Waals surface area contributed by atoms with Gasteiger partial charge in [0.25, 0.3) is 0 Å². The molecule has 1 saturated carbocycles. The van der Waals surface area contributed by atoms with Crippen molar-refractivity contribution in [3.8, 4) is 0 Å². The minimum absolute atomic E-state index is 0.240. The van der Waals surface area contributed by atoms with Crippen LogP contribution in [0.2, 0.25) is 0 Å². The van der Waals surface area contributed by atoms with Crippen LogP contribution in [-0.2, 0) is 4.74 Å². The summed E-state index contributed by atoms with van der Waals surface area (Å²) < 4.78 is 6.05. The van der Waals surface area contributed by atoms with Gasteiger partial charge in [-0.3, -0.25) is 9.80 Å². The van der Waals surface area contributed by atoms with Gasteiger partial charge in [-0.15, -0.1) is 0 Å². The number of ether oxygens (including phenoxy) is 1. The van der Waals surface area contributed by atoms with Crippen LogP contribution in [0.25, 0.3) is 0 Å². The summed E-state index contributed by atoms with van der Waals surface area (Å²) >= 11 is 0. The Morgan fingerprint density at radius 2 is 1.95 bits per heavy atom. The maximum atomic E-state index is 6.69. The Balaban J connectivity index is 1.43. The zero-order chi connectivity index (χ0) is 12.9. The van der Waals surface area contributed by atoms with Crippen LogP contribution in [-0.4, -0.2) is 66.8 Å². The summed E-state index contributed by atoms with van der Waals surface area (Å²) in [6.45, 7) is 7.10. The maximum absolute atomic E-state index is 6.69. The molecule has 0 aromatic carbocycles. The van der Waals surface area contributed by atoms with Crippen LogP contribution in [0.1, 0.15) is 32.1 Å². The second-order valence-corrected chi connectivity index (χ2v) is 7.12. The molecule has 0 aromatic heterocycles. The Morgan fingerprint density at radius 3 is 2.53 bits per heavy atom. The molecule has 4 saturated heterocycles. The summed E-state index contributed by atoms with van der Waals surface area (Å²) in [4.78, 5) is 5.25. The van der Waals surface area contributed by atoms with Gasteiger partial charge in [-0.2, -0.15) is 0 Å². The Labute approximate surface area is 116 Å². The third-order valence-corrected chi connectivity index (χ3v) is 6.11. The van der Waals surface area contributed by atoms with Gasteiger partial charge in [0.1, 0.15) is 0 Å². The number of piperazine rings is 3. The van der Waals surface area contributed by atoms with Crippen LogP contribution in [0.15, 0.2) is 0 Å². The molecule has 1 spiro atoms. The van der Waals surface area contributed by atoms with Gasteiger partial charge in [0.15, 0.2) is 0 Å². The lowest BCUT2D eigenvalue weighted by Gasteiger charge is -2.53. The molecule has 2 bridgehead atoms. The van der Waals surface area contributed by atoms with E-state index in [0.29, 0.717) is 18.0 Å². The molecule has 5 aliphatic rings. The number of hydrogen-bond acceptors (Lipinski definition) is 4. The van der Waals surface area contributed by atoms with E-state index < -0.39 is 0 Å². The lowest BCUT2D eigenvalue weighted by molar-refractivity contribution is -0.150. The predicted molar refractivity (Wildman–Crippen MR) is 75.0 cm³/mol. The van der Waals surface area contributed by atoms with Gasteiger partial charge in [0.2, 0.25) is 0 Å². The monoisotopic (exact) mass is 265 g/mol. The van der Waals surface area contributed by atoms with E-state index in [1.54, 1.807) is 0 Å². The highest BCUT2D eigenvalue weighted by atomic mass is 16.5. The fourth-order valence-corrected chi connectivity index (χ4v) is 4.65. The van der Waals surface area contributed by atoms with Gasteiger partial charge < -0.3 is 10.5 Å². The summed E-state index contributed by atoms with van der Waals surface area (Å²) in [7, 11) is 0. The van der Waals surface area contributed by atoms with Crippen molar-refractivity contribution >= 4 is 0 Å². The average molecular weight is 265 g/mol. The first kappa shape index (κ1) is 12.6. The second-order valence-electron chi connectivity index (χ2n) is 7.12. The largest absolute Gasteiger partial charge is 0.375 e. The molecule has 1 aliphatic carbocycles. The molecular weight excluding hydrogens is 238 g/mol. The zero-order valence-electron chi connectivity index (χ0n) is 11.9. The van der Waals surface area contributed by atoms with Crippen LogP contribution >= 0.6 is 0 Å². The van der Waals surface area contributed by atoms with E-state index in [0.717, 1.165) is 6.61 Å². The molecule has 19 heavy (non-hydrogen) atoms. The molecule has 5 rings (SSSR count). The molecule has 0 radical (unpaired) electrons. The highest BCUT2D eigenvalue weighted by Crippen LogP contribution is 2.45. The van der Waals surface area contributed by atoms with Gasteiger partial charge in [0, 0.05) is 51.4 Å². The Hall–Kier alpha value is -0.160. The molecule has 108 valence electrons. The van der Waals surface area contributed by atoms with E-state index in [1.807, 2.05) is 0 Å². The summed E-state index contributed by atoms with van der Waals surface area (Å²) in [5.74, 6) is 0.680. The minimum atomic E-state index is 0.240. The van der Waals surface area contributed by atoms with Gasteiger partial charge >= 0.3 is 0 Å². The van der Waals surface area contributed by atoms with E-state index in [1.165, 1.54) is 64.8 Å². The standard InChI is InChI=1S/C15H27N3O/c16-14(13-11-17-5-7-18(13)8-6-17)12-2-9-19-15(10-12)3-1-4-15/h12-14H,1-11,16H2. The normalized spacial score (nSPS) is 45.9. The molecule has 5 fully saturated rings. The van der Waals surface area contributed by atoms with Gasteiger partial charge in [-0.1, -0.05) is 0 Å². The van der Waals surface area contributed by atoms with Gasteiger partial charge in [-0.25, -0.2) is 0 Å². The highest BCUT2D eigenvalue weighted by molar-refractivity contribution is 5.01. The molecule has 3 unspecified atom stereocenters. The molecule has 2 N–H and O–H groups in total. The van der Waals surface area contributed by atoms with Crippen molar-refractivity contribution in [2.45, 2.75) is 49.8 Å². The third-order valence-electron chi connectivity index (χ3n) is 6.11. The van der Waals surface area contributed by atoms with Crippen LogP contribution in [0.3, 0.4) is 0 Å². The van der Waals surface area contributed by atoms with Crippen molar-refractivity contribution in [2.75, 3.05) is 39.3 Å². The van der Waals surface area contributed by atoms with Crippen molar-refractivity contribution in [1.29, 1.82) is 0 Å². The first-order valence-electron chi connectivity index (χ1n) is 8.12. The lowest BCUT2D eigenvalue weighted by Crippen LogP contribution is -2.67. The highest BCUT2D eigenvalue weighted by Gasteiger charge is 2.46. The van der Waals surface area contributed by atoms with Crippen molar-refractivity contribution in [1.82, 2.24) is 9.80 Å². The lowest BCUT2D eigenvalue weighted by atomic mass is 9.69. The van der Waals surface area contributed by atoms with E-state index >= 15 is 0 Å². The van der Waals surface area contributed by atoms with E-state index in [-0.39, 0.29) is 5.60 Å². The second kappa shape index (κ2) is 4.69. The number of fused-ring (bicyclic) bond motifs is 3. The van der Waals surface area contributed by atoms with Crippen molar-refractivity contribution in [2.24, 2.45) is 11.7 Å². The molecular formula is C15H27N3O. The smallest absolute Gasteiger partial charge is 0.0685 e. The minimum Gasteiger partial charge on any atom is -0.375 e. The molecule has 4 heterocycles. The fraction of sp³-hybridized carbons (Fsp3) is 1.00. The summed E-state index contributed by atoms with van der Waals surface area (Å²) in [6, 6.07) is 0.951. The Morgan fingerprint density at radius 1 is 1.16 bits per heavy atom. The quantitative estimate of drug-likeness (QED) is 0.796. The summed E-state index contributed by atoms with van der Waals surface area (Å²) in [5, 5.41) is 0. The summed E-state index contributed by atoms with van der Waals surface area (Å²) in [6.07, 6.45) is 6.30.